The van der Waals surface area contributed by atoms with Gasteiger partial charge in [-0.3, -0.25) is 9.78 Å². The van der Waals surface area contributed by atoms with E-state index in [1.165, 1.54) is 16.9 Å². The van der Waals surface area contributed by atoms with Crippen LogP contribution in [0.15, 0.2) is 36.0 Å². The van der Waals surface area contributed by atoms with Gasteiger partial charge in [-0.05, 0) is 57.0 Å². The number of thiophene rings is 1. The van der Waals surface area contributed by atoms with E-state index in [-0.39, 0.29) is 5.78 Å². The van der Waals surface area contributed by atoms with E-state index in [2.05, 4.69) is 38.5 Å². The second-order valence-electron chi connectivity index (χ2n) is 8.35. The zero-order valence-corrected chi connectivity index (χ0v) is 20.2. The number of nitrogens with zero attached hydrogens (tertiary/aromatic N) is 4. The lowest BCUT2D eigenvalue weighted by Crippen LogP contribution is -2.25. The number of hydrogen-bond donors (Lipinski definition) is 2. The highest BCUT2D eigenvalue weighted by Crippen LogP contribution is 2.31. The van der Waals surface area contributed by atoms with Crippen molar-refractivity contribution < 1.29 is 4.79 Å². The number of nitrogens with one attached hydrogen (secondary N) is 2. The van der Waals surface area contributed by atoms with Crippen LogP contribution in [0.2, 0.25) is 0 Å². The second-order valence-corrected chi connectivity index (χ2v) is 9.26. The molecular formula is C25H32N6OS. The van der Waals surface area contributed by atoms with Gasteiger partial charge in [-0.15, -0.1) is 11.3 Å². The monoisotopic (exact) mass is 464 g/mol. The van der Waals surface area contributed by atoms with Gasteiger partial charge in [-0.25, -0.2) is 9.97 Å². The third-order valence-electron chi connectivity index (χ3n) is 5.78. The van der Waals surface area contributed by atoms with Gasteiger partial charge < -0.3 is 15.5 Å². The summed E-state index contributed by atoms with van der Waals surface area (Å²) in [6, 6.07) is 6.06. The number of aryl methyl sites for hydroxylation is 1. The summed E-state index contributed by atoms with van der Waals surface area (Å²) >= 11 is 1.49. The molecule has 3 aromatic rings. The minimum Gasteiger partial charge on any atom is -0.367 e. The Labute approximate surface area is 199 Å². The number of rotatable bonds is 10. The van der Waals surface area contributed by atoms with E-state index < -0.39 is 0 Å². The molecule has 0 aliphatic carbocycles. The number of ketones is 1. The predicted octanol–water partition coefficient (Wildman–Crippen LogP) is 4.69. The van der Waals surface area contributed by atoms with Crippen molar-refractivity contribution in [2.24, 2.45) is 0 Å². The lowest BCUT2D eigenvalue weighted by molar-refractivity contribution is 0.0984. The van der Waals surface area contributed by atoms with E-state index in [0.717, 1.165) is 85.5 Å². The van der Waals surface area contributed by atoms with E-state index in [0.29, 0.717) is 6.42 Å². The molecule has 0 fully saturated rings. The molecule has 8 heteroatoms. The molecule has 0 unspecified atom stereocenters. The molecular weight excluding hydrogens is 432 g/mol. The quantitative estimate of drug-likeness (QED) is 0.333. The maximum absolute atomic E-state index is 12.6. The standard InChI is InChI=1S/C25H32N6OS/c1-3-9-26-10-5-8-22(32)23-14-20(17-33-23)21-15-29-24-25(30-21)31(13-6-12-28-24)16-19-7-4-11-27-18(19)2/h4,7,11,14-15,17,26H,3,5-6,8-10,12-13,16H2,1-2H3,(H,28,29). The Kier molecular flexibility index (Phi) is 8.01. The van der Waals surface area contributed by atoms with Gasteiger partial charge in [0.15, 0.2) is 17.4 Å². The summed E-state index contributed by atoms with van der Waals surface area (Å²) in [6.07, 6.45) is 7.17. The normalized spacial score (nSPS) is 13.3. The molecule has 0 spiro atoms. The third-order valence-corrected chi connectivity index (χ3v) is 6.75. The predicted molar refractivity (Wildman–Crippen MR) is 135 cm³/mol. The Bertz CT molecular complexity index is 1080. The first-order chi connectivity index (χ1) is 16.2. The maximum Gasteiger partial charge on any atom is 0.172 e. The summed E-state index contributed by atoms with van der Waals surface area (Å²) in [5.74, 6) is 1.86. The molecule has 33 heavy (non-hydrogen) atoms. The average Bonchev–Trinajstić information content (AvgIpc) is 3.24. The fourth-order valence-electron chi connectivity index (χ4n) is 3.91. The smallest absolute Gasteiger partial charge is 0.172 e. The van der Waals surface area contributed by atoms with Crippen molar-refractivity contribution in [3.63, 3.8) is 0 Å². The van der Waals surface area contributed by atoms with Crippen LogP contribution in [0.4, 0.5) is 11.6 Å². The zero-order chi connectivity index (χ0) is 23.0. The zero-order valence-electron chi connectivity index (χ0n) is 19.4. The van der Waals surface area contributed by atoms with Gasteiger partial charge in [0.2, 0.25) is 0 Å². The maximum atomic E-state index is 12.6. The van der Waals surface area contributed by atoms with Crippen molar-refractivity contribution in [1.29, 1.82) is 0 Å². The van der Waals surface area contributed by atoms with Gasteiger partial charge in [0.05, 0.1) is 16.8 Å². The summed E-state index contributed by atoms with van der Waals surface area (Å²) in [7, 11) is 0. The topological polar surface area (TPSA) is 83.0 Å². The van der Waals surface area contributed by atoms with Crippen LogP contribution in [-0.4, -0.2) is 46.9 Å². The molecule has 4 rings (SSSR count). The molecule has 0 radical (unpaired) electrons. The number of carbonyl (C=O) groups excluding carboxylic acids is 1. The summed E-state index contributed by atoms with van der Waals surface area (Å²) in [5, 5.41) is 8.77. The van der Waals surface area contributed by atoms with Crippen molar-refractivity contribution in [1.82, 2.24) is 20.3 Å². The van der Waals surface area contributed by atoms with Gasteiger partial charge in [0.25, 0.3) is 0 Å². The summed E-state index contributed by atoms with van der Waals surface area (Å²) in [5.41, 5.74) is 3.97. The summed E-state index contributed by atoms with van der Waals surface area (Å²) in [6.45, 7) is 8.57. The van der Waals surface area contributed by atoms with Crippen LogP contribution in [0.1, 0.15) is 53.5 Å². The molecule has 1 aliphatic rings. The van der Waals surface area contributed by atoms with Crippen LogP contribution in [-0.2, 0) is 6.54 Å². The first kappa shape index (κ1) is 23.3. The van der Waals surface area contributed by atoms with E-state index in [4.69, 9.17) is 4.98 Å². The van der Waals surface area contributed by atoms with E-state index >= 15 is 0 Å². The number of aromatic nitrogens is 3. The fourth-order valence-corrected chi connectivity index (χ4v) is 4.78. The number of Topliss-reactive ketones (excluding diaryl/α,β-unsaturated/α-hetero) is 1. The van der Waals surface area contributed by atoms with Crippen LogP contribution < -0.4 is 15.5 Å². The van der Waals surface area contributed by atoms with Crippen molar-refractivity contribution in [3.8, 4) is 11.3 Å². The van der Waals surface area contributed by atoms with Crippen molar-refractivity contribution in [3.05, 3.63) is 52.1 Å². The highest BCUT2D eigenvalue weighted by atomic mass is 32.1. The molecule has 0 atom stereocenters. The van der Waals surface area contributed by atoms with Gasteiger partial charge in [0, 0.05) is 48.9 Å². The number of carbonyl (C=O) groups is 1. The van der Waals surface area contributed by atoms with Crippen LogP contribution >= 0.6 is 11.3 Å². The number of pyridine rings is 1. The molecule has 174 valence electrons. The Hall–Kier alpha value is -2.84. The largest absolute Gasteiger partial charge is 0.367 e. The van der Waals surface area contributed by atoms with E-state index in [9.17, 15) is 4.79 Å². The van der Waals surface area contributed by atoms with Crippen LogP contribution in [0.5, 0.6) is 0 Å². The van der Waals surface area contributed by atoms with Crippen molar-refractivity contribution in [2.75, 3.05) is 36.4 Å². The SMILES string of the molecule is CCCNCCCC(=O)c1cc(-c2cnc3c(n2)N(Cc2cccnc2C)CCCN3)cs1. The van der Waals surface area contributed by atoms with Gasteiger partial charge >= 0.3 is 0 Å². The van der Waals surface area contributed by atoms with Crippen LogP contribution in [0.3, 0.4) is 0 Å². The van der Waals surface area contributed by atoms with Crippen LogP contribution in [0.25, 0.3) is 11.3 Å². The third kappa shape index (κ3) is 5.94. The molecule has 0 saturated heterocycles. The number of fused-ring (bicyclic) bond motifs is 1. The van der Waals surface area contributed by atoms with Gasteiger partial charge in [-0.1, -0.05) is 13.0 Å². The Morgan fingerprint density at radius 3 is 3.06 bits per heavy atom. The molecule has 7 nitrogen and oxygen atoms in total. The number of anilines is 2. The van der Waals surface area contributed by atoms with Crippen LogP contribution in [0, 0.1) is 6.92 Å². The first-order valence-electron chi connectivity index (χ1n) is 11.7. The molecule has 2 N–H and O–H groups in total. The first-order valence-corrected chi connectivity index (χ1v) is 12.6. The lowest BCUT2D eigenvalue weighted by atomic mass is 10.1. The Morgan fingerprint density at radius 2 is 2.21 bits per heavy atom. The Morgan fingerprint density at radius 1 is 1.30 bits per heavy atom. The van der Waals surface area contributed by atoms with E-state index in [1.54, 1.807) is 6.20 Å². The molecule has 0 aromatic carbocycles. The molecule has 4 heterocycles. The van der Waals surface area contributed by atoms with Crippen molar-refractivity contribution in [2.45, 2.75) is 46.1 Å². The van der Waals surface area contributed by atoms with Crippen molar-refractivity contribution >= 4 is 28.8 Å². The molecule has 0 saturated carbocycles. The molecule has 0 amide bonds. The average molecular weight is 465 g/mol. The van der Waals surface area contributed by atoms with Gasteiger partial charge in [0.1, 0.15) is 0 Å². The minimum absolute atomic E-state index is 0.197. The highest BCUT2D eigenvalue weighted by Gasteiger charge is 2.20. The minimum atomic E-state index is 0.197. The lowest BCUT2D eigenvalue weighted by Gasteiger charge is -2.23. The molecule has 0 bridgehead atoms. The second kappa shape index (κ2) is 11.3. The Balaban J connectivity index is 1.50. The summed E-state index contributed by atoms with van der Waals surface area (Å²) < 4.78 is 0. The van der Waals surface area contributed by atoms with Gasteiger partial charge in [-0.2, -0.15) is 0 Å². The number of hydrogen-bond acceptors (Lipinski definition) is 8. The molecule has 3 aromatic heterocycles. The fraction of sp³-hybridized carbons (Fsp3) is 0.440. The van der Waals surface area contributed by atoms with E-state index in [1.807, 2.05) is 30.6 Å². The molecule has 1 aliphatic heterocycles. The highest BCUT2D eigenvalue weighted by molar-refractivity contribution is 7.12. The summed E-state index contributed by atoms with van der Waals surface area (Å²) in [4.78, 5) is 29.8.